The fourth-order valence-corrected chi connectivity index (χ4v) is 2.41. The van der Waals surface area contributed by atoms with E-state index in [0.29, 0.717) is 23.8 Å². The van der Waals surface area contributed by atoms with Crippen LogP contribution in [-0.2, 0) is 0 Å². The molecule has 2 heterocycles. The van der Waals surface area contributed by atoms with Crippen LogP contribution in [0.1, 0.15) is 40.0 Å². The van der Waals surface area contributed by atoms with E-state index in [1.165, 1.54) is 0 Å². The first-order chi connectivity index (χ1) is 9.58. The topological polar surface area (TPSA) is 89.2 Å². The van der Waals surface area contributed by atoms with E-state index in [-0.39, 0.29) is 6.10 Å². The Morgan fingerprint density at radius 3 is 2.50 bits per heavy atom. The lowest BCUT2D eigenvalue weighted by atomic mass is 10.1. The summed E-state index contributed by atoms with van der Waals surface area (Å²) >= 11 is 0. The van der Waals surface area contributed by atoms with Gasteiger partial charge in [-0.3, -0.25) is 5.43 Å². The van der Waals surface area contributed by atoms with Crippen molar-refractivity contribution in [2.24, 2.45) is 11.8 Å². The van der Waals surface area contributed by atoms with Crippen molar-refractivity contribution in [1.82, 2.24) is 15.0 Å². The molecule has 0 aromatic carbocycles. The highest BCUT2D eigenvalue weighted by atomic mass is 16.5. The normalized spacial score (nSPS) is 16.6. The van der Waals surface area contributed by atoms with Crippen LogP contribution in [0.2, 0.25) is 0 Å². The van der Waals surface area contributed by atoms with Crippen molar-refractivity contribution in [3.63, 3.8) is 0 Å². The minimum absolute atomic E-state index is 0.0643. The number of nitrogen functional groups attached to an aromatic ring is 1. The van der Waals surface area contributed by atoms with Gasteiger partial charge in [-0.25, -0.2) is 5.84 Å². The molecule has 1 aliphatic rings. The lowest BCUT2D eigenvalue weighted by Crippen LogP contribution is -2.24. The lowest BCUT2D eigenvalue weighted by molar-refractivity contribution is 0.177. The first kappa shape index (κ1) is 14.8. The van der Waals surface area contributed by atoms with Gasteiger partial charge in [0.25, 0.3) is 0 Å². The Bertz CT molecular complexity index is 433. The van der Waals surface area contributed by atoms with Gasteiger partial charge in [0, 0.05) is 13.1 Å². The third kappa shape index (κ3) is 3.93. The Morgan fingerprint density at radius 1 is 1.20 bits per heavy atom. The highest BCUT2D eigenvalue weighted by Crippen LogP contribution is 2.20. The average molecular weight is 280 g/mol. The van der Waals surface area contributed by atoms with Gasteiger partial charge in [0.15, 0.2) is 0 Å². The molecule has 0 radical (unpaired) electrons. The van der Waals surface area contributed by atoms with Gasteiger partial charge in [0.2, 0.25) is 11.9 Å². The summed E-state index contributed by atoms with van der Waals surface area (Å²) in [6.07, 6.45) is 3.35. The van der Waals surface area contributed by atoms with Crippen LogP contribution in [-0.4, -0.2) is 34.1 Å². The number of aromatic nitrogens is 3. The van der Waals surface area contributed by atoms with Crippen LogP contribution in [0.25, 0.3) is 0 Å². The van der Waals surface area contributed by atoms with Gasteiger partial charge in [-0.05, 0) is 32.1 Å². The third-order valence-electron chi connectivity index (χ3n) is 3.23. The highest BCUT2D eigenvalue weighted by Gasteiger charge is 2.18. The number of hydrazine groups is 1. The summed E-state index contributed by atoms with van der Waals surface area (Å²) in [7, 11) is 0. The van der Waals surface area contributed by atoms with Gasteiger partial charge in [0.1, 0.15) is 0 Å². The van der Waals surface area contributed by atoms with Crippen molar-refractivity contribution in [2.45, 2.75) is 46.1 Å². The smallest absolute Gasteiger partial charge is 0.323 e. The molecule has 1 aromatic rings. The van der Waals surface area contributed by atoms with E-state index in [1.807, 2.05) is 6.92 Å². The van der Waals surface area contributed by atoms with Crippen molar-refractivity contribution in [2.75, 3.05) is 23.4 Å². The van der Waals surface area contributed by atoms with E-state index in [1.54, 1.807) is 0 Å². The fourth-order valence-electron chi connectivity index (χ4n) is 2.41. The van der Waals surface area contributed by atoms with Crippen molar-refractivity contribution < 1.29 is 4.74 Å². The van der Waals surface area contributed by atoms with E-state index >= 15 is 0 Å². The number of anilines is 2. The number of nitrogens with one attached hydrogen (secondary N) is 1. The zero-order valence-corrected chi connectivity index (χ0v) is 12.5. The largest absolute Gasteiger partial charge is 0.460 e. The Labute approximate surface area is 119 Å². The molecule has 0 spiro atoms. The van der Waals surface area contributed by atoms with Gasteiger partial charge in [-0.2, -0.15) is 15.0 Å². The predicted molar refractivity (Wildman–Crippen MR) is 78.6 cm³/mol. The van der Waals surface area contributed by atoms with Crippen LogP contribution >= 0.6 is 0 Å². The van der Waals surface area contributed by atoms with Gasteiger partial charge >= 0.3 is 6.01 Å². The number of nitrogens with two attached hydrogens (primary N) is 1. The van der Waals surface area contributed by atoms with Gasteiger partial charge < -0.3 is 9.64 Å². The SMILES string of the molecule is CC(C)CC(C)Oc1nc(NN)nc(N2CCCC2)n1. The molecule has 3 N–H and O–H groups in total. The van der Waals surface area contributed by atoms with Crippen molar-refractivity contribution >= 4 is 11.9 Å². The second-order valence-corrected chi connectivity index (χ2v) is 5.64. The summed E-state index contributed by atoms with van der Waals surface area (Å²) in [5.74, 6) is 6.97. The van der Waals surface area contributed by atoms with E-state index in [9.17, 15) is 0 Å². The molecule has 1 fully saturated rings. The molecule has 0 aliphatic carbocycles. The van der Waals surface area contributed by atoms with Gasteiger partial charge in [-0.1, -0.05) is 13.8 Å². The summed E-state index contributed by atoms with van der Waals surface area (Å²) in [4.78, 5) is 15.0. The number of hydrogen-bond donors (Lipinski definition) is 2. The summed E-state index contributed by atoms with van der Waals surface area (Å²) in [6.45, 7) is 8.28. The van der Waals surface area contributed by atoms with Crippen LogP contribution < -0.4 is 20.9 Å². The number of nitrogens with zero attached hydrogens (tertiary/aromatic N) is 4. The van der Waals surface area contributed by atoms with Crippen molar-refractivity contribution in [3.05, 3.63) is 0 Å². The molecule has 0 saturated carbocycles. The lowest BCUT2D eigenvalue weighted by Gasteiger charge is -2.18. The monoisotopic (exact) mass is 280 g/mol. The molecule has 7 nitrogen and oxygen atoms in total. The van der Waals surface area contributed by atoms with Gasteiger partial charge in [0.05, 0.1) is 6.10 Å². The Kier molecular flexibility index (Phi) is 4.94. The van der Waals surface area contributed by atoms with E-state index in [2.05, 4.69) is 39.1 Å². The van der Waals surface area contributed by atoms with E-state index in [4.69, 9.17) is 10.6 Å². The molecule has 1 aromatic heterocycles. The minimum atomic E-state index is 0.0643. The quantitative estimate of drug-likeness (QED) is 0.604. The Balaban J connectivity index is 2.12. The molecule has 1 saturated heterocycles. The summed E-state index contributed by atoms with van der Waals surface area (Å²) in [5.41, 5.74) is 2.48. The fraction of sp³-hybridized carbons (Fsp3) is 0.769. The summed E-state index contributed by atoms with van der Waals surface area (Å²) in [5, 5.41) is 0. The Morgan fingerprint density at radius 2 is 1.90 bits per heavy atom. The molecule has 7 heteroatoms. The number of rotatable bonds is 6. The van der Waals surface area contributed by atoms with E-state index in [0.717, 1.165) is 32.4 Å². The van der Waals surface area contributed by atoms with Crippen LogP contribution in [0.15, 0.2) is 0 Å². The first-order valence-corrected chi connectivity index (χ1v) is 7.22. The van der Waals surface area contributed by atoms with Crippen LogP contribution in [0, 0.1) is 5.92 Å². The molecular weight excluding hydrogens is 256 g/mol. The number of ether oxygens (including phenoxy) is 1. The molecule has 1 aliphatic heterocycles. The van der Waals surface area contributed by atoms with Crippen molar-refractivity contribution in [1.29, 1.82) is 0 Å². The molecule has 20 heavy (non-hydrogen) atoms. The third-order valence-corrected chi connectivity index (χ3v) is 3.23. The van der Waals surface area contributed by atoms with Crippen LogP contribution in [0.3, 0.4) is 0 Å². The minimum Gasteiger partial charge on any atom is -0.460 e. The highest BCUT2D eigenvalue weighted by molar-refractivity contribution is 5.38. The maximum atomic E-state index is 5.78. The first-order valence-electron chi connectivity index (χ1n) is 7.22. The molecule has 112 valence electrons. The standard InChI is InChI=1S/C13H24N6O/c1-9(2)8-10(3)20-13-16-11(18-14)15-12(17-13)19-6-4-5-7-19/h9-10H,4-8,14H2,1-3H3,(H,15,16,17,18). The number of hydrogen-bond acceptors (Lipinski definition) is 7. The zero-order chi connectivity index (χ0) is 14.5. The Hall–Kier alpha value is -1.63. The average Bonchev–Trinajstić information content (AvgIpc) is 2.91. The second-order valence-electron chi connectivity index (χ2n) is 5.64. The predicted octanol–water partition coefficient (Wildman–Crippen LogP) is 1.57. The molecule has 0 amide bonds. The maximum Gasteiger partial charge on any atom is 0.323 e. The summed E-state index contributed by atoms with van der Waals surface area (Å²) < 4.78 is 5.78. The second kappa shape index (κ2) is 6.69. The molecule has 0 bridgehead atoms. The molecule has 2 rings (SSSR count). The zero-order valence-electron chi connectivity index (χ0n) is 12.5. The van der Waals surface area contributed by atoms with E-state index < -0.39 is 0 Å². The summed E-state index contributed by atoms with van der Waals surface area (Å²) in [6, 6.07) is 0.336. The molecular formula is C13H24N6O. The maximum absolute atomic E-state index is 5.78. The molecule has 1 unspecified atom stereocenters. The van der Waals surface area contributed by atoms with Crippen molar-refractivity contribution in [3.8, 4) is 6.01 Å². The van der Waals surface area contributed by atoms with Gasteiger partial charge in [-0.15, -0.1) is 0 Å². The molecule has 1 atom stereocenters. The van der Waals surface area contributed by atoms with Crippen LogP contribution in [0.5, 0.6) is 6.01 Å². The van der Waals surface area contributed by atoms with Crippen LogP contribution in [0.4, 0.5) is 11.9 Å².